The van der Waals surface area contributed by atoms with Crippen molar-refractivity contribution in [3.8, 4) is 11.1 Å². The number of anilines is 2. The topological polar surface area (TPSA) is 67.4 Å². The Morgan fingerprint density at radius 3 is 2.51 bits per heavy atom. The maximum atomic E-state index is 13.2. The number of halogens is 2. The number of morpholine rings is 1. The second-order valence-corrected chi connectivity index (χ2v) is 10.2. The number of hydrogen-bond acceptors (Lipinski definition) is 5. The van der Waals surface area contributed by atoms with Gasteiger partial charge in [-0.3, -0.25) is 9.71 Å². The van der Waals surface area contributed by atoms with Gasteiger partial charge in [-0.1, -0.05) is 17.7 Å². The Kier molecular flexibility index (Phi) is 6.69. The molecule has 3 unspecified atom stereocenters. The van der Waals surface area contributed by atoms with Crippen LogP contribution in [0.5, 0.6) is 0 Å². The van der Waals surface area contributed by atoms with E-state index in [-0.39, 0.29) is 17.4 Å². The standard InChI is InChI=1S/C26H24ClFN4O2S/c1-16-14-32(15-17(2)34-16)25-9-10-29-23-8-3-18(11-22(23)25)19-12-24(26(27)30-13-19)31-35(33)21-6-4-20(28)5-7-21/h3-13,16-17,31H,14-15H2,1-2H3. The van der Waals surface area contributed by atoms with E-state index in [0.717, 1.165) is 40.8 Å². The smallest absolute Gasteiger partial charge is 0.153 e. The Balaban J connectivity index is 1.48. The van der Waals surface area contributed by atoms with Crippen LogP contribution in [0.4, 0.5) is 15.8 Å². The third-order valence-corrected chi connectivity index (χ3v) is 7.29. The first-order valence-corrected chi connectivity index (χ1v) is 12.8. The van der Waals surface area contributed by atoms with Crippen molar-refractivity contribution >= 4 is 44.9 Å². The Bertz CT molecular complexity index is 1390. The zero-order valence-corrected chi connectivity index (χ0v) is 20.8. The third kappa shape index (κ3) is 5.15. The van der Waals surface area contributed by atoms with Crippen LogP contribution in [0.2, 0.25) is 5.15 Å². The number of fused-ring (bicyclic) bond motifs is 1. The van der Waals surface area contributed by atoms with Gasteiger partial charge >= 0.3 is 0 Å². The van der Waals surface area contributed by atoms with E-state index in [1.54, 1.807) is 6.20 Å². The average molecular weight is 511 g/mol. The monoisotopic (exact) mass is 510 g/mol. The van der Waals surface area contributed by atoms with Gasteiger partial charge in [-0.15, -0.1) is 0 Å². The highest BCUT2D eigenvalue weighted by Crippen LogP contribution is 2.33. The maximum absolute atomic E-state index is 13.2. The fourth-order valence-corrected chi connectivity index (χ4v) is 5.42. The van der Waals surface area contributed by atoms with Crippen LogP contribution in [-0.2, 0) is 15.7 Å². The van der Waals surface area contributed by atoms with E-state index < -0.39 is 16.8 Å². The number of nitrogens with zero attached hydrogens (tertiary/aromatic N) is 3. The number of pyridine rings is 2. The van der Waals surface area contributed by atoms with Crippen molar-refractivity contribution in [2.75, 3.05) is 22.7 Å². The second-order valence-electron chi connectivity index (χ2n) is 8.61. The summed E-state index contributed by atoms with van der Waals surface area (Å²) >= 11 is 6.29. The molecule has 4 aromatic rings. The molecule has 1 saturated heterocycles. The molecule has 1 N–H and O–H groups in total. The van der Waals surface area contributed by atoms with Gasteiger partial charge in [-0.2, -0.15) is 0 Å². The van der Waals surface area contributed by atoms with Crippen LogP contribution in [0, 0.1) is 5.82 Å². The van der Waals surface area contributed by atoms with Gasteiger partial charge in [-0.05, 0) is 67.9 Å². The summed E-state index contributed by atoms with van der Waals surface area (Å²) in [4.78, 5) is 11.6. The zero-order chi connectivity index (χ0) is 24.5. The SMILES string of the molecule is CC1CN(c2ccnc3ccc(-c4cnc(Cl)c(NS(=O)c5ccc(F)cc5)c4)cc23)CC(C)O1. The minimum atomic E-state index is -1.62. The van der Waals surface area contributed by atoms with E-state index in [1.165, 1.54) is 24.3 Å². The summed E-state index contributed by atoms with van der Waals surface area (Å²) in [7, 11) is -1.62. The van der Waals surface area contributed by atoms with E-state index in [1.807, 2.05) is 30.5 Å². The Morgan fingerprint density at radius 2 is 1.77 bits per heavy atom. The van der Waals surface area contributed by atoms with Crippen LogP contribution < -0.4 is 9.62 Å². The molecule has 5 rings (SSSR count). The van der Waals surface area contributed by atoms with Gasteiger partial charge in [0.25, 0.3) is 0 Å². The molecule has 0 amide bonds. The molecule has 9 heteroatoms. The van der Waals surface area contributed by atoms with Gasteiger partial charge < -0.3 is 9.64 Å². The predicted molar refractivity (Wildman–Crippen MR) is 139 cm³/mol. The predicted octanol–water partition coefficient (Wildman–Crippen LogP) is 5.84. The van der Waals surface area contributed by atoms with Crippen LogP contribution in [0.15, 0.2) is 71.9 Å². The average Bonchev–Trinajstić information content (AvgIpc) is 2.84. The van der Waals surface area contributed by atoms with E-state index >= 15 is 0 Å². The number of rotatable bonds is 5. The highest BCUT2D eigenvalue weighted by Gasteiger charge is 2.24. The lowest BCUT2D eigenvalue weighted by Gasteiger charge is -2.37. The summed E-state index contributed by atoms with van der Waals surface area (Å²) in [6, 6.07) is 15.4. The first kappa shape index (κ1) is 23.7. The minimum Gasteiger partial charge on any atom is -0.372 e. The molecule has 3 atom stereocenters. The number of benzene rings is 2. The van der Waals surface area contributed by atoms with Crippen molar-refractivity contribution < 1.29 is 13.3 Å². The Hall–Kier alpha value is -3.07. The van der Waals surface area contributed by atoms with E-state index in [2.05, 4.69) is 39.5 Å². The van der Waals surface area contributed by atoms with Crippen LogP contribution in [0.3, 0.4) is 0 Å². The lowest BCUT2D eigenvalue weighted by atomic mass is 10.0. The van der Waals surface area contributed by atoms with Gasteiger partial charge in [0, 0.05) is 42.1 Å². The first-order chi connectivity index (χ1) is 16.9. The van der Waals surface area contributed by atoms with Crippen molar-refractivity contribution in [2.45, 2.75) is 31.0 Å². The first-order valence-electron chi connectivity index (χ1n) is 11.3. The molecule has 3 heterocycles. The van der Waals surface area contributed by atoms with E-state index in [0.29, 0.717) is 10.6 Å². The van der Waals surface area contributed by atoms with Crippen LogP contribution in [0.1, 0.15) is 13.8 Å². The van der Waals surface area contributed by atoms with Crippen LogP contribution in [0.25, 0.3) is 22.0 Å². The second kappa shape index (κ2) is 9.89. The van der Waals surface area contributed by atoms with Gasteiger partial charge in [0.05, 0.1) is 28.3 Å². The number of ether oxygens (including phenoxy) is 1. The molecule has 2 aromatic heterocycles. The third-order valence-electron chi connectivity index (χ3n) is 5.88. The molecule has 180 valence electrons. The molecule has 0 aliphatic carbocycles. The zero-order valence-electron chi connectivity index (χ0n) is 19.2. The van der Waals surface area contributed by atoms with Gasteiger partial charge in [-0.25, -0.2) is 13.6 Å². The summed E-state index contributed by atoms with van der Waals surface area (Å²) in [5.41, 5.74) is 4.18. The van der Waals surface area contributed by atoms with E-state index in [4.69, 9.17) is 16.3 Å². The van der Waals surface area contributed by atoms with Crippen molar-refractivity contribution in [1.82, 2.24) is 9.97 Å². The molecule has 0 radical (unpaired) electrons. The van der Waals surface area contributed by atoms with Crippen molar-refractivity contribution in [1.29, 1.82) is 0 Å². The summed E-state index contributed by atoms with van der Waals surface area (Å²) < 4.78 is 34.7. The van der Waals surface area contributed by atoms with Crippen molar-refractivity contribution in [3.63, 3.8) is 0 Å². The molecule has 1 fully saturated rings. The van der Waals surface area contributed by atoms with Gasteiger partial charge in [0.15, 0.2) is 5.15 Å². The van der Waals surface area contributed by atoms with Crippen molar-refractivity contribution in [3.05, 3.63) is 78.0 Å². The summed E-state index contributed by atoms with van der Waals surface area (Å²) in [6.07, 6.45) is 3.80. The Labute approximate surface area is 210 Å². The molecule has 2 aromatic carbocycles. The molecule has 1 aliphatic rings. The number of aromatic nitrogens is 2. The Morgan fingerprint density at radius 1 is 1.03 bits per heavy atom. The molecule has 0 bridgehead atoms. The number of hydrogen-bond donors (Lipinski definition) is 1. The molecule has 0 saturated carbocycles. The molecule has 1 aliphatic heterocycles. The normalized spacial score (nSPS) is 19.0. The lowest BCUT2D eigenvalue weighted by Crippen LogP contribution is -2.45. The van der Waals surface area contributed by atoms with E-state index in [9.17, 15) is 8.60 Å². The highest BCUT2D eigenvalue weighted by molar-refractivity contribution is 7.86. The summed E-state index contributed by atoms with van der Waals surface area (Å²) in [5.74, 6) is -0.390. The van der Waals surface area contributed by atoms with Crippen LogP contribution in [-0.4, -0.2) is 39.5 Å². The minimum absolute atomic E-state index is 0.140. The summed E-state index contributed by atoms with van der Waals surface area (Å²) in [5, 5.41) is 1.23. The molecule has 35 heavy (non-hydrogen) atoms. The van der Waals surface area contributed by atoms with Gasteiger partial charge in [0.1, 0.15) is 16.8 Å². The maximum Gasteiger partial charge on any atom is 0.153 e. The quantitative estimate of drug-likeness (QED) is 0.342. The molecule has 6 nitrogen and oxygen atoms in total. The van der Waals surface area contributed by atoms with Gasteiger partial charge in [0.2, 0.25) is 0 Å². The molecular formula is C26H24ClFN4O2S. The number of nitrogens with one attached hydrogen (secondary N) is 1. The summed E-state index contributed by atoms with van der Waals surface area (Å²) in [6.45, 7) is 5.78. The lowest BCUT2D eigenvalue weighted by molar-refractivity contribution is -0.00513. The fraction of sp³-hybridized carbons (Fsp3) is 0.231. The van der Waals surface area contributed by atoms with Crippen LogP contribution >= 0.6 is 11.6 Å². The molecule has 0 spiro atoms. The molecular weight excluding hydrogens is 487 g/mol. The largest absolute Gasteiger partial charge is 0.372 e. The van der Waals surface area contributed by atoms with Crippen molar-refractivity contribution in [2.24, 2.45) is 0 Å². The highest BCUT2D eigenvalue weighted by atomic mass is 35.5. The fourth-order valence-electron chi connectivity index (χ4n) is 4.36.